The van der Waals surface area contributed by atoms with Crippen molar-refractivity contribution >= 4 is 11.8 Å². The zero-order valence-corrected chi connectivity index (χ0v) is 30.2. The van der Waals surface area contributed by atoms with Gasteiger partial charge in [0.2, 0.25) is 11.8 Å². The number of ether oxygens (including phenoxy) is 2. The number of aliphatic hydroxyl groups excluding tert-OH is 1. The second-order valence-electron chi connectivity index (χ2n) is 11.2. The summed E-state index contributed by atoms with van der Waals surface area (Å²) in [6.45, 7) is 18.0. The van der Waals surface area contributed by atoms with Crippen molar-refractivity contribution in [1.29, 1.82) is 0 Å². The normalized spacial score (nSPS) is 14.6. The third-order valence-electron chi connectivity index (χ3n) is 7.09. The van der Waals surface area contributed by atoms with Gasteiger partial charge in [0.15, 0.2) is 0 Å². The van der Waals surface area contributed by atoms with Crippen LogP contribution in [0.3, 0.4) is 0 Å². The fraction of sp³-hybridized carbons (Fsp3) is 0.722. The molecule has 2 amide bonds. The van der Waals surface area contributed by atoms with Gasteiger partial charge in [-0.15, -0.1) is 0 Å². The summed E-state index contributed by atoms with van der Waals surface area (Å²) in [6.07, 6.45) is 7.60. The second kappa shape index (κ2) is 32.0. The smallest absolute Gasteiger partial charge is 0.225 e. The van der Waals surface area contributed by atoms with E-state index >= 15 is 0 Å². The van der Waals surface area contributed by atoms with Gasteiger partial charge in [-0.25, -0.2) is 0 Å². The molecule has 0 aromatic heterocycles. The van der Waals surface area contributed by atoms with Gasteiger partial charge in [-0.05, 0) is 55.9 Å². The summed E-state index contributed by atoms with van der Waals surface area (Å²) in [5.74, 6) is 1.52. The highest BCUT2D eigenvalue weighted by molar-refractivity contribution is 5.78. The van der Waals surface area contributed by atoms with Crippen LogP contribution in [0.2, 0.25) is 0 Å². The lowest BCUT2D eigenvalue weighted by atomic mass is 9.98. The first-order chi connectivity index (χ1) is 21.1. The van der Waals surface area contributed by atoms with Crippen LogP contribution < -0.4 is 10.6 Å². The minimum absolute atomic E-state index is 0.0139. The Bertz CT molecular complexity index is 804. The molecule has 0 bridgehead atoms. The Kier molecular flexibility index (Phi) is 33.4. The molecule has 8 heteroatoms. The molecule has 0 aliphatic carbocycles. The van der Waals surface area contributed by atoms with E-state index in [0.29, 0.717) is 25.3 Å². The zero-order chi connectivity index (χ0) is 34.3. The Morgan fingerprint density at radius 3 is 2.14 bits per heavy atom. The van der Waals surface area contributed by atoms with Gasteiger partial charge in [0.25, 0.3) is 0 Å². The number of aliphatic hydroxyl groups is 1. The molecule has 1 aliphatic rings. The number of rotatable bonds is 15. The summed E-state index contributed by atoms with van der Waals surface area (Å²) in [6, 6.07) is 10.4. The Morgan fingerprint density at radius 1 is 1.07 bits per heavy atom. The van der Waals surface area contributed by atoms with E-state index in [0.717, 1.165) is 70.2 Å². The topological polar surface area (TPSA) is 100 Å². The van der Waals surface area contributed by atoms with Crippen molar-refractivity contribution in [2.45, 2.75) is 111 Å². The number of nitrogens with zero attached hydrogens (tertiary/aromatic N) is 1. The lowest BCUT2D eigenvalue weighted by Gasteiger charge is -2.27. The Balaban J connectivity index is -0.000000939. The summed E-state index contributed by atoms with van der Waals surface area (Å²) < 4.78 is 9.81. The summed E-state index contributed by atoms with van der Waals surface area (Å²) in [5.41, 5.74) is 2.35. The van der Waals surface area contributed by atoms with Crippen LogP contribution in [0, 0.1) is 11.8 Å². The van der Waals surface area contributed by atoms with Gasteiger partial charge < -0.3 is 30.1 Å². The molecule has 1 aliphatic heterocycles. The first-order valence-corrected chi connectivity index (χ1v) is 16.4. The predicted octanol–water partition coefficient (Wildman–Crippen LogP) is 6.62. The van der Waals surface area contributed by atoms with E-state index < -0.39 is 0 Å². The SMILES string of the molecule is C=C(CC(C)C)NC.CC.CCC(C)CC(CC(=O)N1CCCC1CCC(=O)NCCc1ccccc1)OC.CO.COC. The highest BCUT2D eigenvalue weighted by Crippen LogP contribution is 2.24. The lowest BCUT2D eigenvalue weighted by molar-refractivity contribution is -0.135. The van der Waals surface area contributed by atoms with Crippen molar-refractivity contribution in [2.75, 3.05) is 48.6 Å². The van der Waals surface area contributed by atoms with Crippen molar-refractivity contribution < 1.29 is 24.2 Å². The number of likely N-dealkylation sites (tertiary alicyclic amines) is 1. The molecule has 3 N–H and O–H groups in total. The number of methoxy groups -OCH3 is 2. The molecule has 258 valence electrons. The monoisotopic (exact) mass is 624 g/mol. The van der Waals surface area contributed by atoms with Crippen LogP contribution in [0.5, 0.6) is 0 Å². The molecule has 2 rings (SSSR count). The number of nitrogens with one attached hydrogen (secondary N) is 2. The van der Waals surface area contributed by atoms with Crippen LogP contribution in [0.25, 0.3) is 0 Å². The average Bonchev–Trinajstić information content (AvgIpc) is 3.51. The third kappa shape index (κ3) is 25.0. The summed E-state index contributed by atoms with van der Waals surface area (Å²) in [7, 11) is 7.85. The number of hydrogen-bond acceptors (Lipinski definition) is 6. The predicted molar refractivity (Wildman–Crippen MR) is 187 cm³/mol. The van der Waals surface area contributed by atoms with E-state index in [4.69, 9.17) is 9.84 Å². The Morgan fingerprint density at radius 2 is 1.66 bits per heavy atom. The fourth-order valence-corrected chi connectivity index (χ4v) is 4.63. The van der Waals surface area contributed by atoms with E-state index in [-0.39, 0.29) is 24.0 Å². The number of amides is 2. The Labute approximate surface area is 271 Å². The molecule has 0 radical (unpaired) electrons. The molecule has 3 atom stereocenters. The lowest BCUT2D eigenvalue weighted by Crippen LogP contribution is -2.38. The van der Waals surface area contributed by atoms with E-state index in [9.17, 15) is 9.59 Å². The maximum absolute atomic E-state index is 12.8. The van der Waals surface area contributed by atoms with E-state index in [1.807, 2.05) is 44.0 Å². The highest BCUT2D eigenvalue weighted by Gasteiger charge is 2.30. The third-order valence-corrected chi connectivity index (χ3v) is 7.09. The maximum Gasteiger partial charge on any atom is 0.225 e. The summed E-state index contributed by atoms with van der Waals surface area (Å²) >= 11 is 0. The molecule has 0 spiro atoms. The molecule has 1 aromatic carbocycles. The molecule has 3 unspecified atom stereocenters. The first-order valence-electron chi connectivity index (χ1n) is 16.4. The maximum atomic E-state index is 12.8. The fourth-order valence-electron chi connectivity index (χ4n) is 4.63. The van der Waals surface area contributed by atoms with Crippen LogP contribution in [-0.4, -0.2) is 82.5 Å². The van der Waals surface area contributed by atoms with Gasteiger partial charge in [-0.3, -0.25) is 9.59 Å². The van der Waals surface area contributed by atoms with Gasteiger partial charge >= 0.3 is 0 Å². The highest BCUT2D eigenvalue weighted by atomic mass is 16.5. The van der Waals surface area contributed by atoms with Crippen molar-refractivity contribution in [3.05, 3.63) is 48.2 Å². The molecule has 1 saturated heterocycles. The number of hydrogen-bond donors (Lipinski definition) is 3. The van der Waals surface area contributed by atoms with Gasteiger partial charge in [0, 0.05) is 66.7 Å². The van der Waals surface area contributed by atoms with Crippen molar-refractivity contribution in [1.82, 2.24) is 15.5 Å². The molecule has 1 heterocycles. The van der Waals surface area contributed by atoms with Gasteiger partial charge in [-0.2, -0.15) is 0 Å². The molecule has 44 heavy (non-hydrogen) atoms. The van der Waals surface area contributed by atoms with Crippen LogP contribution in [0.15, 0.2) is 42.6 Å². The van der Waals surface area contributed by atoms with Crippen LogP contribution in [-0.2, 0) is 25.5 Å². The van der Waals surface area contributed by atoms with E-state index in [1.54, 1.807) is 21.3 Å². The largest absolute Gasteiger partial charge is 0.400 e. The molecular formula is C36H69N3O5. The van der Waals surface area contributed by atoms with Crippen molar-refractivity contribution in [3.8, 4) is 0 Å². The molecule has 1 fully saturated rings. The summed E-state index contributed by atoms with van der Waals surface area (Å²) in [4.78, 5) is 27.0. The first kappa shape index (κ1) is 46.0. The van der Waals surface area contributed by atoms with Gasteiger partial charge in [-0.1, -0.05) is 84.9 Å². The van der Waals surface area contributed by atoms with Crippen LogP contribution in [0.4, 0.5) is 0 Å². The minimum Gasteiger partial charge on any atom is -0.400 e. The zero-order valence-electron chi connectivity index (χ0n) is 30.2. The van der Waals surface area contributed by atoms with Gasteiger partial charge in [0.05, 0.1) is 12.5 Å². The van der Waals surface area contributed by atoms with Crippen LogP contribution >= 0.6 is 0 Å². The number of carbonyl (C=O) groups excluding carboxylic acids is 2. The molecular weight excluding hydrogens is 554 g/mol. The number of benzene rings is 1. The van der Waals surface area contributed by atoms with E-state index in [1.165, 1.54) is 5.56 Å². The van der Waals surface area contributed by atoms with Crippen molar-refractivity contribution in [3.63, 3.8) is 0 Å². The molecule has 8 nitrogen and oxygen atoms in total. The van der Waals surface area contributed by atoms with Gasteiger partial charge in [0.1, 0.15) is 0 Å². The standard InChI is InChI=1S/C24H38N2O3.C7H15N.C2H6O.C2H6.CH4O/c1-4-19(2)17-22(29-3)18-24(28)26-16-8-11-21(26)12-13-23(27)25-15-14-20-9-6-5-7-10-20;1-6(2)5-7(3)8-4;1-3-2;2*1-2/h5-7,9-10,19,21-22H,4,8,11-18H2,1-3H3,(H,25,27);6,8H,3,5H2,1-2,4H3;1-2H3;1-2H3;2H,1H3. The summed E-state index contributed by atoms with van der Waals surface area (Å²) in [5, 5.41) is 13.0. The second-order valence-corrected chi connectivity index (χ2v) is 11.2. The number of carbonyl (C=O) groups is 2. The quantitative estimate of drug-likeness (QED) is 0.203. The number of allylic oxidation sites excluding steroid dienone is 1. The van der Waals surface area contributed by atoms with Crippen molar-refractivity contribution in [2.24, 2.45) is 11.8 Å². The minimum atomic E-state index is -0.0139. The van der Waals surface area contributed by atoms with Crippen LogP contribution in [0.1, 0.15) is 98.5 Å². The van der Waals surface area contributed by atoms with E-state index in [2.05, 4.69) is 61.8 Å². The molecule has 0 saturated carbocycles. The Hall–Kier alpha value is -2.42. The average molecular weight is 624 g/mol. The molecule has 1 aromatic rings.